The highest BCUT2D eigenvalue weighted by molar-refractivity contribution is 7.92. The van der Waals surface area contributed by atoms with E-state index < -0.39 is 16.1 Å². The summed E-state index contributed by atoms with van der Waals surface area (Å²) in [5.41, 5.74) is 1.05. The molecule has 1 saturated heterocycles. The van der Waals surface area contributed by atoms with Crippen LogP contribution in [-0.2, 0) is 25.0 Å². The fraction of sp³-hybridized carbons (Fsp3) is 0.435. The van der Waals surface area contributed by atoms with Crippen LogP contribution < -0.4 is 9.62 Å². The lowest BCUT2D eigenvalue weighted by Crippen LogP contribution is -2.52. The van der Waals surface area contributed by atoms with Gasteiger partial charge in [-0.05, 0) is 43.0 Å². The van der Waals surface area contributed by atoms with Crippen LogP contribution in [-0.4, -0.2) is 46.4 Å². The molecule has 32 heavy (non-hydrogen) atoms. The van der Waals surface area contributed by atoms with Gasteiger partial charge < -0.3 is 10.1 Å². The van der Waals surface area contributed by atoms with Gasteiger partial charge in [-0.2, -0.15) is 0 Å². The van der Waals surface area contributed by atoms with Gasteiger partial charge in [0.25, 0.3) is 0 Å². The van der Waals surface area contributed by atoms with Gasteiger partial charge in [0.1, 0.15) is 6.04 Å². The molecular formula is C23H28Cl2N2O4S. The zero-order chi connectivity index (χ0) is 23.4. The SMILES string of the molecule is CCC(C(=O)NCC1(c2ccccc2)CCOCC1)N(c1cc(Cl)ccc1Cl)S(C)(=O)=O. The average Bonchev–Trinajstić information content (AvgIpc) is 2.78. The quantitative estimate of drug-likeness (QED) is 0.584. The minimum Gasteiger partial charge on any atom is -0.381 e. The van der Waals surface area contributed by atoms with Crippen molar-refractivity contribution in [2.24, 2.45) is 0 Å². The van der Waals surface area contributed by atoms with Crippen LogP contribution in [0.4, 0.5) is 5.69 Å². The number of anilines is 1. The Balaban J connectivity index is 1.89. The van der Waals surface area contributed by atoms with Gasteiger partial charge in [-0.3, -0.25) is 9.10 Å². The molecule has 1 aliphatic heterocycles. The molecule has 1 N–H and O–H groups in total. The molecule has 1 atom stereocenters. The van der Waals surface area contributed by atoms with Crippen molar-refractivity contribution in [3.05, 3.63) is 64.1 Å². The van der Waals surface area contributed by atoms with Crippen LogP contribution in [0.5, 0.6) is 0 Å². The van der Waals surface area contributed by atoms with E-state index in [2.05, 4.69) is 17.4 Å². The van der Waals surface area contributed by atoms with Gasteiger partial charge in [-0.1, -0.05) is 60.5 Å². The van der Waals surface area contributed by atoms with Gasteiger partial charge in [-0.25, -0.2) is 8.42 Å². The Morgan fingerprint density at radius 2 is 1.81 bits per heavy atom. The van der Waals surface area contributed by atoms with Crippen LogP contribution >= 0.6 is 23.2 Å². The van der Waals surface area contributed by atoms with Crippen molar-refractivity contribution in [3.63, 3.8) is 0 Å². The third-order valence-electron chi connectivity index (χ3n) is 5.91. The Labute approximate surface area is 199 Å². The first-order valence-electron chi connectivity index (χ1n) is 10.5. The van der Waals surface area contributed by atoms with Gasteiger partial charge in [0, 0.05) is 30.2 Å². The van der Waals surface area contributed by atoms with E-state index in [0.29, 0.717) is 24.8 Å². The van der Waals surface area contributed by atoms with Crippen molar-refractivity contribution in [3.8, 4) is 0 Å². The molecule has 9 heteroatoms. The Morgan fingerprint density at radius 1 is 1.16 bits per heavy atom. The number of carbonyl (C=O) groups excluding carboxylic acids is 1. The van der Waals surface area contributed by atoms with Crippen molar-refractivity contribution >= 4 is 44.8 Å². The second kappa shape index (κ2) is 10.4. The van der Waals surface area contributed by atoms with Crippen molar-refractivity contribution in [1.82, 2.24) is 5.32 Å². The summed E-state index contributed by atoms with van der Waals surface area (Å²) in [5, 5.41) is 3.56. The van der Waals surface area contributed by atoms with Crippen LogP contribution in [0, 0.1) is 0 Å². The largest absolute Gasteiger partial charge is 0.381 e. The Hall–Kier alpha value is -1.80. The van der Waals surface area contributed by atoms with E-state index in [1.807, 2.05) is 18.2 Å². The second-order valence-corrected chi connectivity index (χ2v) is 10.8. The van der Waals surface area contributed by atoms with E-state index in [1.165, 1.54) is 12.1 Å². The smallest absolute Gasteiger partial charge is 0.243 e. The molecule has 2 aromatic rings. The molecule has 2 aromatic carbocycles. The maximum absolute atomic E-state index is 13.3. The Kier molecular flexibility index (Phi) is 8.09. The lowest BCUT2D eigenvalue weighted by molar-refractivity contribution is -0.122. The molecule has 1 unspecified atom stereocenters. The maximum atomic E-state index is 13.3. The number of carbonyl (C=O) groups is 1. The number of rotatable bonds is 8. The highest BCUT2D eigenvalue weighted by Crippen LogP contribution is 2.35. The van der Waals surface area contributed by atoms with Gasteiger partial charge >= 0.3 is 0 Å². The van der Waals surface area contributed by atoms with E-state index in [1.54, 1.807) is 13.0 Å². The molecule has 3 rings (SSSR count). The van der Waals surface area contributed by atoms with Crippen molar-refractivity contribution in [2.75, 3.05) is 30.3 Å². The summed E-state index contributed by atoms with van der Waals surface area (Å²) in [6, 6.07) is 13.6. The van der Waals surface area contributed by atoms with Gasteiger partial charge in [0.15, 0.2) is 0 Å². The lowest BCUT2D eigenvalue weighted by atomic mass is 9.74. The molecule has 0 saturated carbocycles. The second-order valence-electron chi connectivity index (χ2n) is 8.06. The molecule has 0 radical (unpaired) electrons. The summed E-state index contributed by atoms with van der Waals surface area (Å²) in [6.07, 6.45) is 2.86. The standard InChI is InChI=1S/C23H28Cl2N2O4S/c1-3-20(27(32(2,29)30)21-15-18(24)9-10-19(21)25)22(28)26-16-23(11-13-31-14-12-23)17-7-5-4-6-8-17/h4-10,15,20H,3,11-14,16H2,1-2H3,(H,26,28). The van der Waals surface area contributed by atoms with E-state index >= 15 is 0 Å². The lowest BCUT2D eigenvalue weighted by Gasteiger charge is -2.39. The molecule has 0 spiro atoms. The van der Waals surface area contributed by atoms with E-state index in [-0.39, 0.29) is 28.5 Å². The summed E-state index contributed by atoms with van der Waals surface area (Å²) >= 11 is 12.4. The molecule has 0 aromatic heterocycles. The van der Waals surface area contributed by atoms with E-state index in [4.69, 9.17) is 27.9 Å². The molecule has 1 amide bonds. The number of halogens is 2. The van der Waals surface area contributed by atoms with Crippen LogP contribution in [0.2, 0.25) is 10.0 Å². The van der Waals surface area contributed by atoms with Gasteiger partial charge in [0.2, 0.25) is 15.9 Å². The summed E-state index contributed by atoms with van der Waals surface area (Å²) in [6.45, 7) is 3.37. The van der Waals surface area contributed by atoms with E-state index in [0.717, 1.165) is 29.0 Å². The van der Waals surface area contributed by atoms with Crippen LogP contribution in [0.3, 0.4) is 0 Å². The molecule has 0 bridgehead atoms. The summed E-state index contributed by atoms with van der Waals surface area (Å²) in [7, 11) is -3.81. The highest BCUT2D eigenvalue weighted by atomic mass is 35.5. The highest BCUT2D eigenvalue weighted by Gasteiger charge is 2.37. The molecule has 0 aliphatic carbocycles. The fourth-order valence-electron chi connectivity index (χ4n) is 4.19. The number of amides is 1. The van der Waals surface area contributed by atoms with Crippen LogP contribution in [0.25, 0.3) is 0 Å². The summed E-state index contributed by atoms with van der Waals surface area (Å²) < 4.78 is 32.1. The molecule has 6 nitrogen and oxygen atoms in total. The topological polar surface area (TPSA) is 75.7 Å². The predicted octanol–water partition coefficient (Wildman–Crippen LogP) is 4.40. The van der Waals surface area contributed by atoms with Gasteiger partial charge in [-0.15, -0.1) is 0 Å². The van der Waals surface area contributed by atoms with Crippen LogP contribution in [0.1, 0.15) is 31.7 Å². The first-order valence-corrected chi connectivity index (χ1v) is 13.1. The number of ether oxygens (including phenoxy) is 1. The maximum Gasteiger partial charge on any atom is 0.243 e. The third kappa shape index (κ3) is 5.57. The fourth-order valence-corrected chi connectivity index (χ4v) is 5.83. The normalized spacial score (nSPS) is 16.9. The zero-order valence-electron chi connectivity index (χ0n) is 18.2. The minimum absolute atomic E-state index is 0.188. The minimum atomic E-state index is -3.81. The third-order valence-corrected chi connectivity index (χ3v) is 7.63. The number of nitrogens with one attached hydrogen (secondary N) is 1. The Morgan fingerprint density at radius 3 is 2.41 bits per heavy atom. The number of nitrogens with zero attached hydrogens (tertiary/aromatic N) is 1. The molecule has 1 heterocycles. The Bertz CT molecular complexity index is 1040. The summed E-state index contributed by atoms with van der Waals surface area (Å²) in [4.78, 5) is 13.3. The monoisotopic (exact) mass is 498 g/mol. The molecular weight excluding hydrogens is 471 g/mol. The van der Waals surface area contributed by atoms with Gasteiger partial charge in [0.05, 0.1) is 17.0 Å². The number of benzene rings is 2. The number of sulfonamides is 1. The van der Waals surface area contributed by atoms with E-state index in [9.17, 15) is 13.2 Å². The predicted molar refractivity (Wildman–Crippen MR) is 129 cm³/mol. The van der Waals surface area contributed by atoms with Crippen LogP contribution in [0.15, 0.2) is 48.5 Å². The molecule has 1 aliphatic rings. The van der Waals surface area contributed by atoms with Crippen molar-refractivity contribution in [1.29, 1.82) is 0 Å². The average molecular weight is 499 g/mol. The molecule has 1 fully saturated rings. The van der Waals surface area contributed by atoms with Crippen molar-refractivity contribution < 1.29 is 17.9 Å². The first kappa shape index (κ1) is 24.8. The first-order chi connectivity index (χ1) is 15.2. The number of hydrogen-bond acceptors (Lipinski definition) is 4. The molecule has 174 valence electrons. The summed E-state index contributed by atoms with van der Waals surface area (Å²) in [5.74, 6) is -0.379. The van der Waals surface area contributed by atoms with Crippen molar-refractivity contribution in [2.45, 2.75) is 37.6 Å². The zero-order valence-corrected chi connectivity index (χ0v) is 20.5. The number of hydrogen-bond donors (Lipinski definition) is 1.